The zero-order chi connectivity index (χ0) is 22.3. The molecule has 0 aliphatic heterocycles. The number of hydrogen-bond donors (Lipinski definition) is 0. The number of carbonyl (C=O) groups excluding carboxylic acids is 2. The van der Waals surface area contributed by atoms with Gasteiger partial charge >= 0.3 is 0 Å². The molecule has 0 radical (unpaired) electrons. The zero-order valence-corrected chi connectivity index (χ0v) is 18.8. The summed E-state index contributed by atoms with van der Waals surface area (Å²) in [7, 11) is 0. The molecule has 6 rings (SSSR count). The molecule has 0 heterocycles. The Balaban J connectivity index is 1.97. The second-order valence-electron chi connectivity index (χ2n) is 9.33. The Kier molecular flexibility index (Phi) is 3.89. The Bertz CT molecular complexity index is 1580. The van der Waals surface area contributed by atoms with Crippen molar-refractivity contribution < 1.29 is 9.59 Å². The van der Waals surface area contributed by atoms with Gasteiger partial charge in [-0.2, -0.15) is 0 Å². The van der Waals surface area contributed by atoms with E-state index < -0.39 is 0 Å². The largest absolute Gasteiger partial charge is 0.289 e. The summed E-state index contributed by atoms with van der Waals surface area (Å²) < 4.78 is 0. The molecular formula is C30H24O2. The third-order valence-corrected chi connectivity index (χ3v) is 7.49. The Labute approximate surface area is 187 Å². The fourth-order valence-corrected chi connectivity index (χ4v) is 5.95. The van der Waals surface area contributed by atoms with E-state index in [9.17, 15) is 9.59 Å². The van der Waals surface area contributed by atoms with Crippen LogP contribution in [0, 0.1) is 27.7 Å². The van der Waals surface area contributed by atoms with E-state index in [4.69, 9.17) is 0 Å². The summed E-state index contributed by atoms with van der Waals surface area (Å²) in [6.45, 7) is 8.62. The summed E-state index contributed by atoms with van der Waals surface area (Å²) in [4.78, 5) is 26.3. The number of carbonyl (C=O) groups is 2. The molecule has 0 spiro atoms. The third kappa shape index (κ3) is 2.35. The maximum atomic E-state index is 13.2. The van der Waals surface area contributed by atoms with Crippen molar-refractivity contribution in [2.45, 2.75) is 40.5 Å². The molecule has 4 aromatic carbocycles. The van der Waals surface area contributed by atoms with E-state index in [0.29, 0.717) is 11.1 Å². The van der Waals surface area contributed by atoms with Crippen LogP contribution in [-0.4, -0.2) is 11.6 Å². The van der Waals surface area contributed by atoms with Crippen molar-refractivity contribution in [2.75, 3.05) is 0 Å². The van der Waals surface area contributed by atoms with Gasteiger partial charge in [0.1, 0.15) is 0 Å². The van der Waals surface area contributed by atoms with Crippen molar-refractivity contribution in [1.82, 2.24) is 0 Å². The number of allylic oxidation sites excluding steroid dienone is 2. The number of aryl methyl sites for hydroxylation is 4. The summed E-state index contributed by atoms with van der Waals surface area (Å²) in [5, 5.41) is 4.44. The van der Waals surface area contributed by atoms with Crippen LogP contribution in [0.25, 0.3) is 32.7 Å². The van der Waals surface area contributed by atoms with Crippen LogP contribution in [0.5, 0.6) is 0 Å². The molecule has 2 aliphatic carbocycles. The molecule has 4 aromatic rings. The number of ketones is 2. The molecule has 156 valence electrons. The van der Waals surface area contributed by atoms with Gasteiger partial charge in [0.15, 0.2) is 11.6 Å². The molecule has 0 bridgehead atoms. The van der Waals surface area contributed by atoms with Gasteiger partial charge in [0, 0.05) is 11.1 Å². The van der Waals surface area contributed by atoms with Crippen molar-refractivity contribution in [1.29, 1.82) is 0 Å². The van der Waals surface area contributed by atoms with Gasteiger partial charge in [-0.15, -0.1) is 0 Å². The molecule has 0 saturated heterocycles. The topological polar surface area (TPSA) is 34.1 Å². The lowest BCUT2D eigenvalue weighted by Gasteiger charge is -2.30. The summed E-state index contributed by atoms with van der Waals surface area (Å²) in [5.74, 6) is -0.114. The van der Waals surface area contributed by atoms with Crippen LogP contribution in [0.1, 0.15) is 54.1 Å². The Morgan fingerprint density at radius 1 is 0.500 bits per heavy atom. The van der Waals surface area contributed by atoms with Gasteiger partial charge in [0.2, 0.25) is 0 Å². The quantitative estimate of drug-likeness (QED) is 0.291. The average Bonchev–Trinajstić information content (AvgIpc) is 2.79. The van der Waals surface area contributed by atoms with Crippen molar-refractivity contribution >= 4 is 33.1 Å². The maximum Gasteiger partial charge on any atom is 0.187 e. The fraction of sp³-hybridized carbons (Fsp3) is 0.200. The fourth-order valence-electron chi connectivity index (χ4n) is 5.95. The molecule has 2 aliphatic rings. The Morgan fingerprint density at radius 3 is 1.88 bits per heavy atom. The van der Waals surface area contributed by atoms with Crippen LogP contribution in [0.2, 0.25) is 0 Å². The molecule has 2 heteroatoms. The lowest BCUT2D eigenvalue weighted by Crippen LogP contribution is -2.19. The standard InChI is InChI=1S/C30H24O2/c1-15-5-7-17(3)25-19(15)9-11-21-27-23(31)13-14-24(32)28(27)22-12-10-20-16(2)6-8-18(4)26(20)30(22)29(21)25/h5-9,11,13-14H,10,12H2,1-4H3. The molecule has 0 atom stereocenters. The van der Waals surface area contributed by atoms with Gasteiger partial charge in [-0.25, -0.2) is 0 Å². The third-order valence-electron chi connectivity index (χ3n) is 7.49. The van der Waals surface area contributed by atoms with E-state index in [2.05, 4.69) is 64.1 Å². The normalized spacial score (nSPS) is 14.6. The molecule has 32 heavy (non-hydrogen) atoms. The highest BCUT2D eigenvalue weighted by Crippen LogP contribution is 2.48. The molecule has 2 nitrogen and oxygen atoms in total. The minimum absolute atomic E-state index is 0.0485. The van der Waals surface area contributed by atoms with Crippen molar-refractivity contribution in [3.63, 3.8) is 0 Å². The van der Waals surface area contributed by atoms with Crippen LogP contribution < -0.4 is 0 Å². The monoisotopic (exact) mass is 416 g/mol. The van der Waals surface area contributed by atoms with Crippen molar-refractivity contribution in [3.8, 4) is 11.1 Å². The second kappa shape index (κ2) is 6.49. The summed E-state index contributed by atoms with van der Waals surface area (Å²) in [6, 6.07) is 12.9. The highest BCUT2D eigenvalue weighted by Gasteiger charge is 2.33. The molecule has 0 unspecified atom stereocenters. The Hall–Kier alpha value is -3.52. The molecule has 0 aromatic heterocycles. The first-order valence-electron chi connectivity index (χ1n) is 11.3. The number of hydrogen-bond acceptors (Lipinski definition) is 2. The molecule has 0 saturated carbocycles. The molecule has 0 amide bonds. The zero-order valence-electron chi connectivity index (χ0n) is 18.8. The lowest BCUT2D eigenvalue weighted by atomic mass is 9.72. The summed E-state index contributed by atoms with van der Waals surface area (Å²) >= 11 is 0. The van der Waals surface area contributed by atoms with E-state index in [1.165, 1.54) is 56.3 Å². The molecule has 0 N–H and O–H groups in total. The predicted molar refractivity (Wildman–Crippen MR) is 131 cm³/mol. The summed E-state index contributed by atoms with van der Waals surface area (Å²) in [6.07, 6.45) is 4.56. The van der Waals surface area contributed by atoms with Crippen LogP contribution in [0.15, 0.2) is 48.6 Å². The SMILES string of the molecule is Cc1ccc(C)c2c1CCc1c3c(c4ccc5c(C)ccc(C)c5c4c1-2)C(=O)C=CC3=O. The van der Waals surface area contributed by atoms with E-state index in [1.54, 1.807) is 0 Å². The van der Waals surface area contributed by atoms with Crippen LogP contribution in [0.3, 0.4) is 0 Å². The first-order valence-corrected chi connectivity index (χ1v) is 11.3. The second-order valence-corrected chi connectivity index (χ2v) is 9.33. The molecular weight excluding hydrogens is 392 g/mol. The minimum Gasteiger partial charge on any atom is -0.289 e. The van der Waals surface area contributed by atoms with Gasteiger partial charge < -0.3 is 0 Å². The van der Waals surface area contributed by atoms with Crippen LogP contribution in [-0.2, 0) is 12.8 Å². The molecule has 0 fully saturated rings. The highest BCUT2D eigenvalue weighted by molar-refractivity contribution is 6.32. The number of benzene rings is 4. The average molecular weight is 417 g/mol. The van der Waals surface area contributed by atoms with Crippen molar-refractivity contribution in [2.24, 2.45) is 0 Å². The lowest BCUT2D eigenvalue weighted by molar-refractivity contribution is 0.0994. The number of rotatable bonds is 0. The van der Waals surface area contributed by atoms with Gasteiger partial charge in [-0.1, -0.05) is 36.4 Å². The van der Waals surface area contributed by atoms with Gasteiger partial charge in [0.05, 0.1) is 0 Å². The van der Waals surface area contributed by atoms with Crippen LogP contribution in [0.4, 0.5) is 0 Å². The van der Waals surface area contributed by atoms with Gasteiger partial charge in [-0.3, -0.25) is 9.59 Å². The predicted octanol–water partition coefficient (Wildman–Crippen LogP) is 6.93. The maximum absolute atomic E-state index is 13.2. The Morgan fingerprint density at radius 2 is 1.09 bits per heavy atom. The van der Waals surface area contributed by atoms with Gasteiger partial charge in [-0.05, 0) is 119 Å². The van der Waals surface area contributed by atoms with E-state index >= 15 is 0 Å². The van der Waals surface area contributed by atoms with Crippen LogP contribution >= 0.6 is 0 Å². The number of fused-ring (bicyclic) bond motifs is 10. The van der Waals surface area contributed by atoms with Crippen molar-refractivity contribution in [3.05, 3.63) is 93.1 Å². The highest BCUT2D eigenvalue weighted by atomic mass is 16.1. The smallest absolute Gasteiger partial charge is 0.187 e. The summed E-state index contributed by atoms with van der Waals surface area (Å²) in [5.41, 5.74) is 11.0. The van der Waals surface area contributed by atoms with E-state index in [0.717, 1.165) is 34.7 Å². The first kappa shape index (κ1) is 19.2. The van der Waals surface area contributed by atoms with E-state index in [-0.39, 0.29) is 11.6 Å². The van der Waals surface area contributed by atoms with Gasteiger partial charge in [0.25, 0.3) is 0 Å². The first-order chi connectivity index (χ1) is 15.4. The van der Waals surface area contributed by atoms with E-state index in [1.807, 2.05) is 0 Å². The minimum atomic E-state index is -0.0659.